The first-order valence-electron chi connectivity index (χ1n) is 11.9. The Bertz CT molecular complexity index is 584. The maximum atomic E-state index is 10.7. The van der Waals surface area contributed by atoms with Gasteiger partial charge in [0.25, 0.3) is 0 Å². The lowest BCUT2D eigenvalue weighted by atomic mass is 9.65. The van der Waals surface area contributed by atoms with E-state index in [4.69, 9.17) is 9.84 Å². The summed E-state index contributed by atoms with van der Waals surface area (Å²) in [6.45, 7) is 7.53. The average molecular weight is 423 g/mol. The molecule has 0 aromatic heterocycles. The molecule has 0 aromatic rings. The summed E-state index contributed by atoms with van der Waals surface area (Å²) in [5, 5.41) is 29.0. The molecule has 0 heterocycles. The summed E-state index contributed by atoms with van der Waals surface area (Å²) < 4.78 is 6.42. The van der Waals surface area contributed by atoms with Crippen LogP contribution in [0.4, 0.5) is 0 Å². The first kappa shape index (κ1) is 25.1. The van der Waals surface area contributed by atoms with E-state index in [1.807, 2.05) is 0 Å². The van der Waals surface area contributed by atoms with Crippen LogP contribution < -0.4 is 0 Å². The smallest absolute Gasteiger partial charge is 0.305 e. The number of hydrogen-bond donors (Lipinski definition) is 3. The van der Waals surface area contributed by atoms with Crippen molar-refractivity contribution in [3.63, 3.8) is 0 Å². The number of unbranched alkanes of at least 4 members (excludes halogenated alkanes) is 3. The van der Waals surface area contributed by atoms with E-state index < -0.39 is 18.2 Å². The fraction of sp³-hybridized carbons (Fsp3) is 0.800. The van der Waals surface area contributed by atoms with Crippen molar-refractivity contribution in [1.82, 2.24) is 0 Å². The van der Waals surface area contributed by atoms with Gasteiger partial charge in [-0.25, -0.2) is 0 Å². The molecular weight excluding hydrogens is 380 g/mol. The van der Waals surface area contributed by atoms with Crippen molar-refractivity contribution < 1.29 is 24.9 Å². The molecule has 3 N–H and O–H groups in total. The Morgan fingerprint density at radius 2 is 1.97 bits per heavy atom. The zero-order chi connectivity index (χ0) is 22.1. The van der Waals surface area contributed by atoms with Crippen LogP contribution in [0.3, 0.4) is 0 Å². The van der Waals surface area contributed by atoms with Crippen LogP contribution in [-0.2, 0) is 9.53 Å². The summed E-state index contributed by atoms with van der Waals surface area (Å²) in [4.78, 5) is 10.7. The molecule has 0 spiro atoms. The summed E-state index contributed by atoms with van der Waals surface area (Å²) in [7, 11) is 0. The predicted octanol–water partition coefficient (Wildman–Crippen LogP) is 4.72. The predicted molar refractivity (Wildman–Crippen MR) is 119 cm³/mol. The Morgan fingerprint density at radius 3 is 2.67 bits per heavy atom. The molecule has 172 valence electrons. The first-order valence-corrected chi connectivity index (χ1v) is 11.9. The molecule has 0 radical (unpaired) electrons. The number of carboxylic acid groups (broad SMARTS) is 1. The lowest BCUT2D eigenvalue weighted by Gasteiger charge is -2.43. The molecule has 5 nitrogen and oxygen atoms in total. The molecule has 7 atom stereocenters. The van der Waals surface area contributed by atoms with Crippen LogP contribution in [0.1, 0.15) is 78.6 Å². The second-order valence-corrected chi connectivity index (χ2v) is 9.48. The molecule has 0 saturated heterocycles. The van der Waals surface area contributed by atoms with Gasteiger partial charge in [0.2, 0.25) is 0 Å². The number of aliphatic hydroxyl groups excluding tert-OH is 2. The van der Waals surface area contributed by atoms with E-state index in [0.29, 0.717) is 30.1 Å². The highest BCUT2D eigenvalue weighted by Gasteiger charge is 2.40. The van der Waals surface area contributed by atoms with Gasteiger partial charge in [0.1, 0.15) is 0 Å². The second-order valence-electron chi connectivity index (χ2n) is 9.48. The molecule has 2 aliphatic carbocycles. The van der Waals surface area contributed by atoms with Gasteiger partial charge >= 0.3 is 5.97 Å². The molecule has 0 saturated carbocycles. The summed E-state index contributed by atoms with van der Waals surface area (Å²) >= 11 is 0. The molecule has 2 rings (SSSR count). The third kappa shape index (κ3) is 7.82. The van der Waals surface area contributed by atoms with Crippen LogP contribution in [0.2, 0.25) is 0 Å². The fourth-order valence-corrected chi connectivity index (χ4v) is 5.14. The molecule has 0 amide bonds. The molecule has 0 bridgehead atoms. The summed E-state index contributed by atoms with van der Waals surface area (Å²) in [6.07, 6.45) is 12.5. The number of hydrogen-bond acceptors (Lipinski definition) is 4. The van der Waals surface area contributed by atoms with Gasteiger partial charge < -0.3 is 20.1 Å². The molecular formula is C25H42O5. The van der Waals surface area contributed by atoms with Gasteiger partial charge in [0.05, 0.1) is 24.7 Å². The molecule has 2 unspecified atom stereocenters. The van der Waals surface area contributed by atoms with Crippen LogP contribution in [0, 0.1) is 23.7 Å². The van der Waals surface area contributed by atoms with E-state index in [9.17, 15) is 15.0 Å². The van der Waals surface area contributed by atoms with Crippen molar-refractivity contribution in [2.45, 2.75) is 96.9 Å². The molecule has 2 aliphatic rings. The van der Waals surface area contributed by atoms with Crippen LogP contribution in [0.25, 0.3) is 0 Å². The van der Waals surface area contributed by atoms with Crippen LogP contribution in [0.5, 0.6) is 0 Å². The van der Waals surface area contributed by atoms with Gasteiger partial charge in [0, 0.05) is 12.5 Å². The van der Waals surface area contributed by atoms with E-state index in [0.717, 1.165) is 25.9 Å². The van der Waals surface area contributed by atoms with Crippen LogP contribution >= 0.6 is 0 Å². The molecule has 0 aliphatic heterocycles. The minimum Gasteiger partial charge on any atom is -0.481 e. The van der Waals surface area contributed by atoms with Gasteiger partial charge in [0.15, 0.2) is 0 Å². The quantitative estimate of drug-likeness (QED) is 0.374. The van der Waals surface area contributed by atoms with Gasteiger partial charge in [-0.3, -0.25) is 4.79 Å². The third-order valence-electron chi connectivity index (χ3n) is 6.71. The minimum atomic E-state index is -1.04. The number of fused-ring (bicyclic) bond motifs is 1. The number of rotatable bonds is 13. The molecule has 0 fully saturated rings. The Hall–Kier alpha value is -1.17. The highest BCUT2D eigenvalue weighted by atomic mass is 16.5. The Balaban J connectivity index is 1.97. The van der Waals surface area contributed by atoms with Crippen molar-refractivity contribution in [3.05, 3.63) is 23.8 Å². The monoisotopic (exact) mass is 422 g/mol. The van der Waals surface area contributed by atoms with Gasteiger partial charge in [-0.05, 0) is 55.4 Å². The lowest BCUT2D eigenvalue weighted by molar-refractivity contribution is -0.139. The van der Waals surface area contributed by atoms with E-state index in [1.54, 1.807) is 0 Å². The molecule has 30 heavy (non-hydrogen) atoms. The highest BCUT2D eigenvalue weighted by Crippen LogP contribution is 2.44. The first-order chi connectivity index (χ1) is 14.3. The molecule has 0 aromatic carbocycles. The molecule has 5 heteroatoms. The Kier molecular flexibility index (Phi) is 10.6. The summed E-state index contributed by atoms with van der Waals surface area (Å²) in [5.74, 6) is 0.616. The van der Waals surface area contributed by atoms with Crippen molar-refractivity contribution >= 4 is 5.97 Å². The summed E-state index contributed by atoms with van der Waals surface area (Å²) in [6, 6.07) is 0. The number of ether oxygens (including phenoxy) is 1. The van der Waals surface area contributed by atoms with Gasteiger partial charge in [-0.1, -0.05) is 58.3 Å². The standard InChI is InChI=1S/C25H42O5/c1-4-5-6-7-12-30-23-14-17(2)13-19-9-8-18(3)22(25(19)23)11-10-20(26)15-21(27)16-24(28)29/h8-9,13,17-18,20-23,25-27H,4-7,10-12,14-16H2,1-3H3,(H,28,29)/t17-,18-,20?,21+,22-,23-,25?/m0/s1. The lowest BCUT2D eigenvalue weighted by Crippen LogP contribution is -2.40. The van der Waals surface area contributed by atoms with E-state index in [1.165, 1.54) is 24.8 Å². The zero-order valence-corrected chi connectivity index (χ0v) is 19.0. The highest BCUT2D eigenvalue weighted by molar-refractivity contribution is 5.67. The number of carboxylic acids is 1. The summed E-state index contributed by atoms with van der Waals surface area (Å²) in [5.41, 5.74) is 1.37. The van der Waals surface area contributed by atoms with E-state index in [-0.39, 0.29) is 18.9 Å². The largest absolute Gasteiger partial charge is 0.481 e. The van der Waals surface area contributed by atoms with Gasteiger partial charge in [-0.15, -0.1) is 0 Å². The Morgan fingerprint density at radius 1 is 1.20 bits per heavy atom. The zero-order valence-electron chi connectivity index (χ0n) is 19.0. The maximum absolute atomic E-state index is 10.7. The number of carbonyl (C=O) groups is 1. The van der Waals surface area contributed by atoms with E-state index >= 15 is 0 Å². The maximum Gasteiger partial charge on any atom is 0.305 e. The van der Waals surface area contributed by atoms with Crippen molar-refractivity contribution in [2.24, 2.45) is 23.7 Å². The third-order valence-corrected chi connectivity index (χ3v) is 6.71. The number of allylic oxidation sites excluding steroid dienone is 3. The van der Waals surface area contributed by atoms with Crippen molar-refractivity contribution in [3.8, 4) is 0 Å². The topological polar surface area (TPSA) is 87.0 Å². The number of aliphatic hydroxyl groups is 2. The Labute approximate surface area is 182 Å². The van der Waals surface area contributed by atoms with Crippen molar-refractivity contribution in [2.75, 3.05) is 6.61 Å². The average Bonchev–Trinajstić information content (AvgIpc) is 2.66. The van der Waals surface area contributed by atoms with Crippen LogP contribution in [-0.4, -0.2) is 46.2 Å². The van der Waals surface area contributed by atoms with Gasteiger partial charge in [-0.2, -0.15) is 0 Å². The number of aliphatic carboxylic acids is 1. The second kappa shape index (κ2) is 12.6. The van der Waals surface area contributed by atoms with Crippen LogP contribution in [0.15, 0.2) is 23.8 Å². The minimum absolute atomic E-state index is 0.116. The fourth-order valence-electron chi connectivity index (χ4n) is 5.14. The van der Waals surface area contributed by atoms with E-state index in [2.05, 4.69) is 39.0 Å². The van der Waals surface area contributed by atoms with Crippen molar-refractivity contribution in [1.29, 1.82) is 0 Å². The SMILES string of the molecule is CCCCCCO[C@H]1C[C@@H](C)C=C2C=C[C@H](C)[C@H](CCC(O)C[C@@H](O)CC(=O)O)C21. The normalized spacial score (nSPS) is 30.4.